The average molecular weight is 320 g/mol. The topological polar surface area (TPSA) is 101 Å². The molecular weight excluding hydrogens is 304 g/mol. The largest absolute Gasteiger partial charge is 0.366 e. The fourth-order valence-corrected chi connectivity index (χ4v) is 2.52. The maximum atomic E-state index is 11.8. The van der Waals surface area contributed by atoms with E-state index in [2.05, 4.69) is 15.3 Å². The maximum absolute atomic E-state index is 11.8. The summed E-state index contributed by atoms with van der Waals surface area (Å²) in [7, 11) is 0. The van der Waals surface area contributed by atoms with E-state index in [1.54, 1.807) is 36.7 Å². The first-order valence-corrected chi connectivity index (χ1v) is 7.36. The summed E-state index contributed by atoms with van der Waals surface area (Å²) >= 11 is 0. The third kappa shape index (κ3) is 3.17. The third-order valence-corrected chi connectivity index (χ3v) is 3.55. The number of hydrogen-bond donors (Lipinski definition) is 3. The molecule has 1 aromatic carbocycles. The molecule has 4 N–H and O–H groups in total. The summed E-state index contributed by atoms with van der Waals surface area (Å²) in [5.74, 6) is -0.683. The van der Waals surface area contributed by atoms with Gasteiger partial charge < -0.3 is 16.0 Å². The van der Waals surface area contributed by atoms with E-state index in [1.165, 1.54) is 6.92 Å². The Hall–Kier alpha value is -3.41. The molecule has 3 aromatic rings. The SMILES string of the molecule is CC(=O)Nc1cccc(-c2[nH]c(-c3ccncc3)cc2C(N)=O)c1. The van der Waals surface area contributed by atoms with Gasteiger partial charge in [0.2, 0.25) is 5.91 Å². The quantitative estimate of drug-likeness (QED) is 0.689. The summed E-state index contributed by atoms with van der Waals surface area (Å²) in [5.41, 5.74) is 9.60. The van der Waals surface area contributed by atoms with Crippen molar-refractivity contribution in [3.05, 3.63) is 60.4 Å². The normalized spacial score (nSPS) is 10.4. The fourth-order valence-electron chi connectivity index (χ4n) is 2.52. The van der Waals surface area contributed by atoms with Crippen molar-refractivity contribution in [1.82, 2.24) is 9.97 Å². The van der Waals surface area contributed by atoms with E-state index in [-0.39, 0.29) is 5.91 Å². The number of aromatic amines is 1. The minimum absolute atomic E-state index is 0.161. The van der Waals surface area contributed by atoms with Crippen molar-refractivity contribution >= 4 is 17.5 Å². The van der Waals surface area contributed by atoms with Crippen LogP contribution in [-0.2, 0) is 4.79 Å². The lowest BCUT2D eigenvalue weighted by molar-refractivity contribution is -0.114. The Morgan fingerprint density at radius 3 is 2.50 bits per heavy atom. The molecule has 120 valence electrons. The van der Waals surface area contributed by atoms with Gasteiger partial charge in [-0.3, -0.25) is 14.6 Å². The molecule has 0 bridgehead atoms. The van der Waals surface area contributed by atoms with Crippen LogP contribution in [0.2, 0.25) is 0 Å². The number of H-pyrrole nitrogens is 1. The second-order valence-electron chi connectivity index (χ2n) is 5.33. The zero-order valence-corrected chi connectivity index (χ0v) is 13.0. The van der Waals surface area contributed by atoms with Crippen LogP contribution in [0.4, 0.5) is 5.69 Å². The first kappa shape index (κ1) is 15.5. The Labute approximate surface area is 138 Å². The summed E-state index contributed by atoms with van der Waals surface area (Å²) in [4.78, 5) is 30.3. The minimum atomic E-state index is -0.522. The molecule has 0 saturated heterocycles. The molecule has 24 heavy (non-hydrogen) atoms. The lowest BCUT2D eigenvalue weighted by Crippen LogP contribution is -2.11. The number of benzene rings is 1. The second kappa shape index (κ2) is 6.37. The molecule has 0 spiro atoms. The number of hydrogen-bond acceptors (Lipinski definition) is 3. The van der Waals surface area contributed by atoms with Crippen LogP contribution in [0.1, 0.15) is 17.3 Å². The number of nitrogens with zero attached hydrogens (tertiary/aromatic N) is 1. The van der Waals surface area contributed by atoms with E-state index < -0.39 is 5.91 Å². The summed E-state index contributed by atoms with van der Waals surface area (Å²) in [6.45, 7) is 1.44. The summed E-state index contributed by atoms with van der Waals surface area (Å²) in [6.07, 6.45) is 3.36. The molecular formula is C18H16N4O2. The van der Waals surface area contributed by atoms with Gasteiger partial charge in [0.25, 0.3) is 5.91 Å². The van der Waals surface area contributed by atoms with Gasteiger partial charge in [0.15, 0.2) is 0 Å². The number of primary amides is 1. The molecule has 6 nitrogen and oxygen atoms in total. The van der Waals surface area contributed by atoms with Crippen LogP contribution >= 0.6 is 0 Å². The van der Waals surface area contributed by atoms with Crippen molar-refractivity contribution in [3.8, 4) is 22.5 Å². The molecule has 0 atom stereocenters. The van der Waals surface area contributed by atoms with Crippen LogP contribution in [0, 0.1) is 0 Å². The molecule has 0 aliphatic carbocycles. The second-order valence-corrected chi connectivity index (χ2v) is 5.33. The van der Waals surface area contributed by atoms with E-state index in [4.69, 9.17) is 5.73 Å². The minimum Gasteiger partial charge on any atom is -0.366 e. The van der Waals surface area contributed by atoms with Crippen LogP contribution in [0.3, 0.4) is 0 Å². The summed E-state index contributed by atoms with van der Waals surface area (Å²) < 4.78 is 0. The highest BCUT2D eigenvalue weighted by Gasteiger charge is 2.16. The molecule has 2 amide bonds. The first-order valence-electron chi connectivity index (χ1n) is 7.36. The van der Waals surface area contributed by atoms with Crippen molar-refractivity contribution in [2.45, 2.75) is 6.92 Å². The van der Waals surface area contributed by atoms with Gasteiger partial charge in [-0.2, -0.15) is 0 Å². The molecule has 3 rings (SSSR count). The van der Waals surface area contributed by atoms with Crippen LogP contribution in [0.5, 0.6) is 0 Å². The highest BCUT2D eigenvalue weighted by atomic mass is 16.1. The highest BCUT2D eigenvalue weighted by molar-refractivity contribution is 6.01. The Morgan fingerprint density at radius 2 is 1.83 bits per heavy atom. The van der Waals surface area contributed by atoms with Crippen LogP contribution in [-0.4, -0.2) is 21.8 Å². The first-order chi connectivity index (χ1) is 11.5. The number of amides is 2. The van der Waals surface area contributed by atoms with Crippen LogP contribution in [0.25, 0.3) is 22.5 Å². The molecule has 0 aliphatic rings. The van der Waals surface area contributed by atoms with Gasteiger partial charge in [-0.25, -0.2) is 0 Å². The zero-order valence-electron chi connectivity index (χ0n) is 13.0. The summed E-state index contributed by atoms with van der Waals surface area (Å²) in [5, 5.41) is 2.72. The van der Waals surface area contributed by atoms with Crippen molar-refractivity contribution in [2.75, 3.05) is 5.32 Å². The highest BCUT2D eigenvalue weighted by Crippen LogP contribution is 2.30. The van der Waals surface area contributed by atoms with E-state index >= 15 is 0 Å². The van der Waals surface area contributed by atoms with E-state index in [0.29, 0.717) is 16.9 Å². The smallest absolute Gasteiger partial charge is 0.250 e. The van der Waals surface area contributed by atoms with Crippen molar-refractivity contribution < 1.29 is 9.59 Å². The number of rotatable bonds is 4. The molecule has 2 heterocycles. The lowest BCUT2D eigenvalue weighted by Gasteiger charge is -2.06. The van der Waals surface area contributed by atoms with E-state index in [0.717, 1.165) is 16.8 Å². The number of carbonyl (C=O) groups excluding carboxylic acids is 2. The van der Waals surface area contributed by atoms with Gasteiger partial charge in [-0.05, 0) is 30.3 Å². The maximum Gasteiger partial charge on any atom is 0.250 e. The van der Waals surface area contributed by atoms with Crippen LogP contribution < -0.4 is 11.1 Å². The van der Waals surface area contributed by atoms with Gasteiger partial charge in [-0.1, -0.05) is 12.1 Å². The van der Waals surface area contributed by atoms with Crippen LogP contribution in [0.15, 0.2) is 54.9 Å². The van der Waals surface area contributed by atoms with Gasteiger partial charge >= 0.3 is 0 Å². The Balaban J connectivity index is 2.09. The molecule has 0 saturated carbocycles. The molecule has 0 aliphatic heterocycles. The monoisotopic (exact) mass is 320 g/mol. The Bertz CT molecular complexity index is 900. The summed E-state index contributed by atoms with van der Waals surface area (Å²) in [6, 6.07) is 12.6. The standard InChI is InChI=1S/C18H16N4O2/c1-11(23)21-14-4-2-3-13(9-14)17-15(18(19)24)10-16(22-17)12-5-7-20-8-6-12/h2-10,22H,1H3,(H2,19,24)(H,21,23). The molecule has 0 fully saturated rings. The van der Waals surface area contributed by atoms with Gasteiger partial charge in [0, 0.05) is 41.8 Å². The fraction of sp³-hybridized carbons (Fsp3) is 0.0556. The van der Waals surface area contributed by atoms with Crippen molar-refractivity contribution in [1.29, 1.82) is 0 Å². The van der Waals surface area contributed by atoms with Crippen molar-refractivity contribution in [2.24, 2.45) is 5.73 Å². The molecule has 6 heteroatoms. The van der Waals surface area contributed by atoms with E-state index in [1.807, 2.05) is 18.2 Å². The van der Waals surface area contributed by atoms with Gasteiger partial charge in [-0.15, -0.1) is 0 Å². The third-order valence-electron chi connectivity index (χ3n) is 3.55. The van der Waals surface area contributed by atoms with Gasteiger partial charge in [0.1, 0.15) is 0 Å². The predicted molar refractivity (Wildman–Crippen MR) is 92.3 cm³/mol. The Morgan fingerprint density at radius 1 is 1.08 bits per heavy atom. The molecule has 0 unspecified atom stereocenters. The molecule has 0 radical (unpaired) electrons. The van der Waals surface area contributed by atoms with E-state index in [9.17, 15) is 9.59 Å². The lowest BCUT2D eigenvalue weighted by atomic mass is 10.1. The number of aromatic nitrogens is 2. The number of nitrogens with two attached hydrogens (primary N) is 1. The number of anilines is 1. The number of carbonyl (C=O) groups is 2. The number of pyridine rings is 1. The number of nitrogens with one attached hydrogen (secondary N) is 2. The van der Waals surface area contributed by atoms with Gasteiger partial charge in [0.05, 0.1) is 11.3 Å². The predicted octanol–water partition coefficient (Wildman–Crippen LogP) is 2.80. The van der Waals surface area contributed by atoms with Crippen molar-refractivity contribution in [3.63, 3.8) is 0 Å². The average Bonchev–Trinajstić information content (AvgIpc) is 3.01. The molecule has 2 aromatic heterocycles. The zero-order chi connectivity index (χ0) is 17.1. The Kier molecular flexibility index (Phi) is 4.11.